The Morgan fingerprint density at radius 1 is 1.21 bits per heavy atom. The molecule has 150 valence electrons. The molecule has 0 aliphatic heterocycles. The van der Waals surface area contributed by atoms with Gasteiger partial charge in [-0.3, -0.25) is 9.59 Å². The minimum Gasteiger partial charge on any atom is -0.463 e. The quantitative estimate of drug-likeness (QED) is 0.660. The number of benzene rings is 2. The van der Waals surface area contributed by atoms with Crippen LogP contribution in [0, 0.1) is 6.92 Å². The zero-order valence-corrected chi connectivity index (χ0v) is 17.2. The smallest absolute Gasteiger partial charge is 0.271 e. The van der Waals surface area contributed by atoms with Crippen LogP contribution in [-0.4, -0.2) is 21.8 Å². The number of hydrogen-bond donors (Lipinski definition) is 1. The summed E-state index contributed by atoms with van der Waals surface area (Å²) in [6, 6.07) is 15.6. The highest BCUT2D eigenvalue weighted by Crippen LogP contribution is 2.19. The minimum atomic E-state index is -0.807. The van der Waals surface area contributed by atoms with Crippen LogP contribution in [0.5, 0.6) is 5.88 Å². The number of ether oxygens (including phenoxy) is 1. The summed E-state index contributed by atoms with van der Waals surface area (Å²) in [5.74, 6) is -0.139. The molecule has 1 heterocycles. The van der Waals surface area contributed by atoms with Crippen LogP contribution in [-0.2, 0) is 11.2 Å². The fraction of sp³-hybridized carbons (Fsp3) is 0.227. The first-order valence-corrected chi connectivity index (χ1v) is 9.69. The van der Waals surface area contributed by atoms with Gasteiger partial charge in [0.25, 0.3) is 11.5 Å². The molecule has 0 spiro atoms. The van der Waals surface area contributed by atoms with Crippen molar-refractivity contribution >= 4 is 23.2 Å². The highest BCUT2D eigenvalue weighted by atomic mass is 35.5. The predicted molar refractivity (Wildman–Crippen MR) is 114 cm³/mol. The molecule has 0 aliphatic rings. The number of para-hydroxylation sites is 1. The molecule has 0 aliphatic carbocycles. The van der Waals surface area contributed by atoms with Crippen LogP contribution in [0.15, 0.2) is 59.4 Å². The number of nitrogens with one attached hydrogen (secondary N) is 1. The van der Waals surface area contributed by atoms with Crippen LogP contribution in [0.2, 0.25) is 5.02 Å². The second-order valence-electron chi connectivity index (χ2n) is 6.61. The lowest BCUT2D eigenvalue weighted by atomic mass is 10.1. The van der Waals surface area contributed by atoms with Crippen molar-refractivity contribution in [1.29, 1.82) is 0 Å². The lowest BCUT2D eigenvalue weighted by Gasteiger charge is -2.16. The third-order valence-corrected chi connectivity index (χ3v) is 4.73. The maximum Gasteiger partial charge on any atom is 0.271 e. The number of amides is 1. The minimum absolute atomic E-state index is 0.162. The highest BCUT2D eigenvalue weighted by molar-refractivity contribution is 6.30. The zero-order valence-electron chi connectivity index (χ0n) is 16.5. The highest BCUT2D eigenvalue weighted by Gasteiger charge is 2.17. The first-order chi connectivity index (χ1) is 13.9. The summed E-state index contributed by atoms with van der Waals surface area (Å²) < 4.78 is 6.91. The van der Waals surface area contributed by atoms with Gasteiger partial charge in [0.05, 0.1) is 5.69 Å². The van der Waals surface area contributed by atoms with E-state index in [1.54, 1.807) is 25.1 Å². The Morgan fingerprint density at radius 2 is 1.97 bits per heavy atom. The van der Waals surface area contributed by atoms with E-state index in [1.165, 1.54) is 16.8 Å². The van der Waals surface area contributed by atoms with Crippen LogP contribution in [0.4, 0.5) is 5.69 Å². The fourth-order valence-electron chi connectivity index (χ4n) is 2.86. The Morgan fingerprint density at radius 3 is 2.72 bits per heavy atom. The SMILES string of the molecule is CCc1ccccc1NC(=O)[C@@H](C)Oc1ccc(=O)n(-c2cc(Cl)ccc2C)n1. The summed E-state index contributed by atoms with van der Waals surface area (Å²) in [6.07, 6.45) is -0.00387. The molecule has 29 heavy (non-hydrogen) atoms. The Balaban J connectivity index is 1.80. The van der Waals surface area contributed by atoms with Crippen LogP contribution < -0.4 is 15.6 Å². The topological polar surface area (TPSA) is 73.2 Å². The van der Waals surface area contributed by atoms with Gasteiger partial charge in [-0.2, -0.15) is 4.68 Å². The zero-order chi connectivity index (χ0) is 21.0. The molecule has 1 atom stereocenters. The van der Waals surface area contributed by atoms with Gasteiger partial charge in [0, 0.05) is 22.8 Å². The lowest BCUT2D eigenvalue weighted by molar-refractivity contribution is -0.122. The Bertz CT molecular complexity index is 1090. The van der Waals surface area contributed by atoms with Gasteiger partial charge in [-0.05, 0) is 49.6 Å². The van der Waals surface area contributed by atoms with Gasteiger partial charge in [0.15, 0.2) is 6.10 Å². The van der Waals surface area contributed by atoms with Gasteiger partial charge in [-0.1, -0.05) is 42.8 Å². The second kappa shape index (κ2) is 8.92. The molecular formula is C22H22ClN3O3. The number of aromatic nitrogens is 2. The number of carbonyl (C=O) groups excluding carboxylic acids is 1. The largest absolute Gasteiger partial charge is 0.463 e. The van der Waals surface area contributed by atoms with Gasteiger partial charge < -0.3 is 10.1 Å². The first-order valence-electron chi connectivity index (χ1n) is 9.31. The van der Waals surface area contributed by atoms with Crippen molar-refractivity contribution in [3.05, 3.63) is 81.1 Å². The van der Waals surface area contributed by atoms with E-state index in [0.29, 0.717) is 10.7 Å². The molecule has 7 heteroatoms. The van der Waals surface area contributed by atoms with Gasteiger partial charge >= 0.3 is 0 Å². The summed E-state index contributed by atoms with van der Waals surface area (Å²) in [4.78, 5) is 24.8. The average molecular weight is 412 g/mol. The Labute approximate surface area is 174 Å². The predicted octanol–water partition coefficient (Wildman–Crippen LogP) is 4.16. The summed E-state index contributed by atoms with van der Waals surface area (Å²) in [5.41, 5.74) is 2.86. The third kappa shape index (κ3) is 4.84. The van der Waals surface area contributed by atoms with E-state index >= 15 is 0 Å². The van der Waals surface area contributed by atoms with E-state index < -0.39 is 6.10 Å². The van der Waals surface area contributed by atoms with Crippen molar-refractivity contribution in [3.8, 4) is 11.6 Å². The molecule has 0 saturated carbocycles. The molecule has 0 bridgehead atoms. The van der Waals surface area contributed by atoms with Crippen molar-refractivity contribution in [1.82, 2.24) is 9.78 Å². The monoisotopic (exact) mass is 411 g/mol. The number of halogens is 1. The molecule has 0 fully saturated rings. The van der Waals surface area contributed by atoms with Gasteiger partial charge in [-0.15, -0.1) is 5.10 Å². The van der Waals surface area contributed by atoms with Gasteiger partial charge in [0.1, 0.15) is 0 Å². The van der Waals surface area contributed by atoms with E-state index in [4.69, 9.17) is 16.3 Å². The molecule has 1 N–H and O–H groups in total. The molecule has 6 nitrogen and oxygen atoms in total. The number of carbonyl (C=O) groups is 1. The van der Waals surface area contributed by atoms with Crippen LogP contribution >= 0.6 is 11.6 Å². The molecule has 2 aromatic carbocycles. The standard InChI is InChI=1S/C22H22ClN3O3/c1-4-16-7-5-6-8-18(16)24-22(28)15(3)29-20-11-12-21(27)26(25-20)19-13-17(23)10-9-14(19)2/h5-13,15H,4H2,1-3H3,(H,24,28)/t15-/m1/s1. The van der Waals surface area contributed by atoms with E-state index in [9.17, 15) is 9.59 Å². The van der Waals surface area contributed by atoms with Crippen LogP contribution in [0.25, 0.3) is 5.69 Å². The molecule has 0 unspecified atom stereocenters. The molecule has 0 saturated heterocycles. The maximum absolute atomic E-state index is 12.6. The normalized spacial score (nSPS) is 11.7. The van der Waals surface area contributed by atoms with Gasteiger partial charge in [0.2, 0.25) is 5.88 Å². The van der Waals surface area contributed by atoms with Crippen LogP contribution in [0.3, 0.4) is 0 Å². The van der Waals surface area contributed by atoms with E-state index in [-0.39, 0.29) is 17.3 Å². The first kappa shape index (κ1) is 20.6. The van der Waals surface area contributed by atoms with Crippen LogP contribution in [0.1, 0.15) is 25.0 Å². The summed E-state index contributed by atoms with van der Waals surface area (Å²) >= 11 is 6.06. The number of hydrogen-bond acceptors (Lipinski definition) is 4. The molecule has 1 amide bonds. The molecule has 3 aromatic rings. The Hall–Kier alpha value is -3.12. The Kier molecular flexibility index (Phi) is 6.34. The number of nitrogens with zero attached hydrogens (tertiary/aromatic N) is 2. The van der Waals surface area contributed by atoms with Crippen molar-refractivity contribution in [2.75, 3.05) is 5.32 Å². The molecule has 0 radical (unpaired) electrons. The molecular weight excluding hydrogens is 390 g/mol. The fourth-order valence-corrected chi connectivity index (χ4v) is 3.03. The third-order valence-electron chi connectivity index (χ3n) is 4.50. The average Bonchev–Trinajstić information content (AvgIpc) is 2.71. The van der Waals surface area contributed by atoms with E-state index in [0.717, 1.165) is 23.2 Å². The molecule has 1 aromatic heterocycles. The van der Waals surface area contributed by atoms with Crippen molar-refractivity contribution in [3.63, 3.8) is 0 Å². The summed E-state index contributed by atoms with van der Waals surface area (Å²) in [5, 5.41) is 7.62. The number of anilines is 1. The molecule has 3 rings (SSSR count). The van der Waals surface area contributed by atoms with Gasteiger partial charge in [-0.25, -0.2) is 0 Å². The number of aryl methyl sites for hydroxylation is 2. The second-order valence-corrected chi connectivity index (χ2v) is 7.05. The summed E-state index contributed by atoms with van der Waals surface area (Å²) in [6.45, 7) is 5.51. The maximum atomic E-state index is 12.6. The lowest BCUT2D eigenvalue weighted by Crippen LogP contribution is -2.31. The number of rotatable bonds is 6. The van der Waals surface area contributed by atoms with E-state index in [1.807, 2.05) is 38.1 Å². The van der Waals surface area contributed by atoms with Crippen molar-refractivity contribution in [2.45, 2.75) is 33.3 Å². The van der Waals surface area contributed by atoms with Crippen molar-refractivity contribution < 1.29 is 9.53 Å². The summed E-state index contributed by atoms with van der Waals surface area (Å²) in [7, 11) is 0. The van der Waals surface area contributed by atoms with E-state index in [2.05, 4.69) is 10.4 Å². The van der Waals surface area contributed by atoms with Crippen molar-refractivity contribution in [2.24, 2.45) is 0 Å².